The van der Waals surface area contributed by atoms with E-state index in [1.54, 1.807) is 14.0 Å². The third kappa shape index (κ3) is 4.78. The first-order chi connectivity index (χ1) is 14.8. The number of benzene rings is 1. The molecule has 2 aliphatic rings. The molecular formula is C21H25ClN4O4S. The molecule has 1 aromatic heterocycles. The van der Waals surface area contributed by atoms with Gasteiger partial charge in [0.2, 0.25) is 10.0 Å². The number of pyridine rings is 1. The average molecular weight is 465 g/mol. The fourth-order valence-electron chi connectivity index (χ4n) is 3.36. The summed E-state index contributed by atoms with van der Waals surface area (Å²) in [5.74, 6) is -0.0173. The van der Waals surface area contributed by atoms with Crippen molar-refractivity contribution in [3.8, 4) is 0 Å². The summed E-state index contributed by atoms with van der Waals surface area (Å²) in [5, 5.41) is 3.06. The molecule has 2 aliphatic carbocycles. The van der Waals surface area contributed by atoms with Gasteiger partial charge in [-0.05, 0) is 62.3 Å². The summed E-state index contributed by atoms with van der Waals surface area (Å²) in [6.45, 7) is 2.06. The van der Waals surface area contributed by atoms with E-state index in [-0.39, 0.29) is 16.0 Å². The van der Waals surface area contributed by atoms with Crippen molar-refractivity contribution in [1.29, 1.82) is 0 Å². The molecule has 8 nitrogen and oxygen atoms in total. The van der Waals surface area contributed by atoms with Gasteiger partial charge in [-0.2, -0.15) is 0 Å². The lowest BCUT2D eigenvalue weighted by molar-refractivity contribution is 0.0365. The molecule has 31 heavy (non-hydrogen) atoms. The van der Waals surface area contributed by atoms with E-state index < -0.39 is 15.9 Å². The molecule has 1 amide bonds. The summed E-state index contributed by atoms with van der Waals surface area (Å²) in [6.07, 6.45) is 4.92. The molecule has 2 aromatic rings. The number of carbonyl (C=O) groups is 1. The number of sulfonamides is 1. The lowest BCUT2D eigenvalue weighted by Crippen LogP contribution is -2.30. The fraction of sp³-hybridized carbons (Fsp3) is 0.429. The van der Waals surface area contributed by atoms with Crippen molar-refractivity contribution in [3.05, 3.63) is 46.7 Å². The molecule has 0 aliphatic heterocycles. The number of amides is 1. The van der Waals surface area contributed by atoms with Crippen LogP contribution in [0.4, 0.5) is 17.1 Å². The van der Waals surface area contributed by atoms with Crippen LogP contribution in [0, 0.1) is 0 Å². The Bertz CT molecular complexity index is 1100. The number of nitrogens with one attached hydrogen (secondary N) is 2. The molecular weight excluding hydrogens is 440 g/mol. The second-order valence-corrected chi connectivity index (χ2v) is 10.4. The fourth-order valence-corrected chi connectivity index (χ4v) is 5.13. The van der Waals surface area contributed by atoms with Crippen LogP contribution in [0.15, 0.2) is 30.5 Å². The minimum atomic E-state index is -3.45. The molecule has 2 N–H and O–H groups in total. The molecule has 4 rings (SSSR count). The predicted molar refractivity (Wildman–Crippen MR) is 120 cm³/mol. The van der Waals surface area contributed by atoms with Crippen LogP contribution < -0.4 is 15.1 Å². The van der Waals surface area contributed by atoms with Gasteiger partial charge in [-0.1, -0.05) is 17.7 Å². The van der Waals surface area contributed by atoms with Crippen LogP contribution in [-0.2, 0) is 14.9 Å². The first-order valence-corrected chi connectivity index (χ1v) is 12.2. The first-order valence-electron chi connectivity index (χ1n) is 10.3. The zero-order valence-corrected chi connectivity index (χ0v) is 19.0. The van der Waals surface area contributed by atoms with Gasteiger partial charge in [0.1, 0.15) is 5.15 Å². The van der Waals surface area contributed by atoms with Crippen molar-refractivity contribution < 1.29 is 18.0 Å². The van der Waals surface area contributed by atoms with Crippen molar-refractivity contribution in [2.24, 2.45) is 0 Å². The quantitative estimate of drug-likeness (QED) is 0.430. The minimum absolute atomic E-state index is 0.200. The van der Waals surface area contributed by atoms with Gasteiger partial charge in [-0.15, -0.1) is 0 Å². The first kappa shape index (κ1) is 21.9. The van der Waals surface area contributed by atoms with E-state index in [0.717, 1.165) is 18.4 Å². The Kier molecular flexibility index (Phi) is 6.09. The zero-order valence-electron chi connectivity index (χ0n) is 17.4. The topological polar surface area (TPSA) is 101 Å². The number of hydroxylamine groups is 1. The zero-order chi connectivity index (χ0) is 22.2. The number of carbonyl (C=O) groups excluding carboxylic acids is 1. The summed E-state index contributed by atoms with van der Waals surface area (Å²) in [7, 11) is -1.87. The summed E-state index contributed by atoms with van der Waals surface area (Å²) in [6, 6.07) is 7.28. The summed E-state index contributed by atoms with van der Waals surface area (Å²) < 4.78 is 27.2. The maximum Gasteiger partial charge on any atom is 0.278 e. The van der Waals surface area contributed by atoms with E-state index in [1.165, 1.54) is 16.6 Å². The number of halogens is 1. The van der Waals surface area contributed by atoms with Crippen molar-refractivity contribution >= 4 is 44.6 Å². The molecule has 2 fully saturated rings. The third-order valence-electron chi connectivity index (χ3n) is 5.43. The molecule has 0 bridgehead atoms. The Morgan fingerprint density at radius 3 is 2.61 bits per heavy atom. The number of anilines is 3. The van der Waals surface area contributed by atoms with Crippen LogP contribution in [-0.4, -0.2) is 38.2 Å². The van der Waals surface area contributed by atoms with Gasteiger partial charge < -0.3 is 5.32 Å². The Labute approximate surface area is 186 Å². The van der Waals surface area contributed by atoms with E-state index >= 15 is 0 Å². The van der Waals surface area contributed by atoms with Gasteiger partial charge in [0.05, 0.1) is 34.5 Å². The van der Waals surface area contributed by atoms with E-state index in [9.17, 15) is 13.2 Å². The minimum Gasteiger partial charge on any atom is -0.353 e. The van der Waals surface area contributed by atoms with Crippen LogP contribution in [0.25, 0.3) is 0 Å². The maximum absolute atomic E-state index is 12.9. The number of aromatic nitrogens is 1. The molecule has 1 aromatic carbocycles. The molecule has 0 saturated heterocycles. The molecule has 0 radical (unpaired) electrons. The van der Waals surface area contributed by atoms with Crippen LogP contribution in [0.1, 0.15) is 54.4 Å². The summed E-state index contributed by atoms with van der Waals surface area (Å²) in [5.41, 5.74) is 5.18. The number of nitrogens with zero attached hydrogens (tertiary/aromatic N) is 2. The van der Waals surface area contributed by atoms with Crippen molar-refractivity contribution in [3.63, 3.8) is 0 Å². The highest BCUT2D eigenvalue weighted by atomic mass is 35.5. The van der Waals surface area contributed by atoms with Gasteiger partial charge in [-0.25, -0.2) is 18.9 Å². The van der Waals surface area contributed by atoms with Gasteiger partial charge in [0.25, 0.3) is 5.91 Å². The molecule has 0 atom stereocenters. The highest BCUT2D eigenvalue weighted by molar-refractivity contribution is 7.93. The Morgan fingerprint density at radius 1 is 1.23 bits per heavy atom. The van der Waals surface area contributed by atoms with Gasteiger partial charge in [0, 0.05) is 13.2 Å². The molecule has 1 heterocycles. The normalized spacial score (nSPS) is 16.1. The van der Waals surface area contributed by atoms with Gasteiger partial charge in [-0.3, -0.25) is 13.9 Å². The molecule has 166 valence electrons. The van der Waals surface area contributed by atoms with Crippen LogP contribution in [0.2, 0.25) is 5.15 Å². The lowest BCUT2D eigenvalue weighted by Gasteiger charge is -2.24. The Hall–Kier alpha value is -2.36. The highest BCUT2D eigenvalue weighted by Gasteiger charge is 2.39. The molecule has 0 spiro atoms. The standard InChI is InChI=1S/C21H25ClN4O4S/c1-3-30-25-21(27)16-12-23-20(22)11-18(16)24-17-9-6-14(13-4-5-13)10-19(17)26(2)31(28,29)15-7-8-15/h6,9-13,15H,3-5,7-8H2,1-2H3,(H,23,24)(H,25,27). The van der Waals surface area contributed by atoms with Crippen molar-refractivity contribution in [2.75, 3.05) is 23.3 Å². The Balaban J connectivity index is 1.72. The molecule has 0 unspecified atom stereocenters. The largest absolute Gasteiger partial charge is 0.353 e. The van der Waals surface area contributed by atoms with E-state index in [2.05, 4.69) is 15.8 Å². The molecule has 2 saturated carbocycles. The number of hydrogen-bond donors (Lipinski definition) is 2. The van der Waals surface area contributed by atoms with Crippen LogP contribution in [0.3, 0.4) is 0 Å². The number of rotatable bonds is 9. The van der Waals surface area contributed by atoms with Crippen LogP contribution >= 0.6 is 11.6 Å². The predicted octanol–water partition coefficient (Wildman–Crippen LogP) is 3.97. The Morgan fingerprint density at radius 2 is 1.97 bits per heavy atom. The highest BCUT2D eigenvalue weighted by Crippen LogP contribution is 2.44. The maximum atomic E-state index is 12.9. The van der Waals surface area contributed by atoms with Gasteiger partial charge in [0.15, 0.2) is 0 Å². The third-order valence-corrected chi connectivity index (χ3v) is 7.91. The SMILES string of the molecule is CCONC(=O)c1cnc(Cl)cc1Nc1ccc(C2CC2)cc1N(C)S(=O)(=O)C1CC1. The van der Waals surface area contributed by atoms with Gasteiger partial charge >= 0.3 is 0 Å². The monoisotopic (exact) mass is 464 g/mol. The summed E-state index contributed by atoms with van der Waals surface area (Å²) >= 11 is 6.07. The van der Waals surface area contributed by atoms with Crippen LogP contribution in [0.5, 0.6) is 0 Å². The lowest BCUT2D eigenvalue weighted by atomic mass is 10.1. The van der Waals surface area contributed by atoms with E-state index in [0.29, 0.717) is 42.4 Å². The second kappa shape index (κ2) is 8.64. The van der Waals surface area contributed by atoms with Crippen molar-refractivity contribution in [1.82, 2.24) is 10.5 Å². The smallest absolute Gasteiger partial charge is 0.278 e. The van der Waals surface area contributed by atoms with Crippen molar-refractivity contribution in [2.45, 2.75) is 43.8 Å². The number of hydrogen-bond acceptors (Lipinski definition) is 6. The van der Waals surface area contributed by atoms with E-state index in [4.69, 9.17) is 16.4 Å². The summed E-state index contributed by atoms with van der Waals surface area (Å²) in [4.78, 5) is 21.5. The molecule has 10 heteroatoms. The van der Waals surface area contributed by atoms with E-state index in [1.807, 2.05) is 18.2 Å². The second-order valence-electron chi connectivity index (χ2n) is 7.80. The average Bonchev–Trinajstić information content (AvgIpc) is 3.64.